The van der Waals surface area contributed by atoms with E-state index in [4.69, 9.17) is 0 Å². The van der Waals surface area contributed by atoms with Crippen molar-refractivity contribution in [1.29, 1.82) is 0 Å². The van der Waals surface area contributed by atoms with Crippen LogP contribution in [0.5, 0.6) is 0 Å². The van der Waals surface area contributed by atoms with E-state index in [0.717, 1.165) is 0 Å². The molecule has 1 heterocycles. The summed E-state index contributed by atoms with van der Waals surface area (Å²) in [6.07, 6.45) is 11.9. The summed E-state index contributed by atoms with van der Waals surface area (Å²) in [7, 11) is 0. The van der Waals surface area contributed by atoms with Crippen LogP contribution >= 0.6 is 0 Å². The lowest BCUT2D eigenvalue weighted by molar-refractivity contribution is 0.490. The van der Waals surface area contributed by atoms with Crippen LogP contribution in [0, 0.1) is 0 Å². The van der Waals surface area contributed by atoms with Gasteiger partial charge in [-0.3, -0.25) is 0 Å². The lowest BCUT2D eigenvalue weighted by atomic mass is 10.1. The van der Waals surface area contributed by atoms with Crippen molar-refractivity contribution in [2.45, 2.75) is 50.6 Å². The Labute approximate surface area is 81.9 Å². The standard InChI is InChI=1S/C12H21N/c1-3-11-9-7-5-6-8-10-12(4-2)13-11/h3-4,11-13H,1-2,5-10H2. The van der Waals surface area contributed by atoms with Gasteiger partial charge in [-0.1, -0.05) is 37.8 Å². The normalized spacial score (nSPS) is 31.1. The van der Waals surface area contributed by atoms with Crippen LogP contribution in [0.25, 0.3) is 0 Å². The molecular weight excluding hydrogens is 158 g/mol. The largest absolute Gasteiger partial charge is 0.304 e. The maximum Gasteiger partial charge on any atom is 0.0252 e. The maximum atomic E-state index is 3.86. The number of hydrogen-bond acceptors (Lipinski definition) is 1. The van der Waals surface area contributed by atoms with E-state index in [0.29, 0.717) is 12.1 Å². The van der Waals surface area contributed by atoms with Crippen molar-refractivity contribution in [3.05, 3.63) is 25.3 Å². The monoisotopic (exact) mass is 179 g/mol. The van der Waals surface area contributed by atoms with Gasteiger partial charge in [0.05, 0.1) is 0 Å². The first kappa shape index (κ1) is 10.5. The zero-order valence-corrected chi connectivity index (χ0v) is 8.47. The Morgan fingerprint density at radius 3 is 1.69 bits per heavy atom. The molecule has 1 rings (SSSR count). The minimum Gasteiger partial charge on any atom is -0.304 e. The predicted molar refractivity (Wildman–Crippen MR) is 58.8 cm³/mol. The van der Waals surface area contributed by atoms with Gasteiger partial charge in [0.15, 0.2) is 0 Å². The second-order valence-corrected chi connectivity index (χ2v) is 3.84. The van der Waals surface area contributed by atoms with Gasteiger partial charge in [-0.05, 0) is 12.8 Å². The van der Waals surface area contributed by atoms with Gasteiger partial charge in [-0.15, -0.1) is 13.2 Å². The van der Waals surface area contributed by atoms with Gasteiger partial charge in [0.2, 0.25) is 0 Å². The number of nitrogens with one attached hydrogen (secondary N) is 1. The van der Waals surface area contributed by atoms with Gasteiger partial charge in [0, 0.05) is 12.1 Å². The molecule has 13 heavy (non-hydrogen) atoms. The zero-order chi connectivity index (χ0) is 9.52. The van der Waals surface area contributed by atoms with Crippen LogP contribution in [0.3, 0.4) is 0 Å². The summed E-state index contributed by atoms with van der Waals surface area (Å²) in [5, 5.41) is 3.56. The van der Waals surface area contributed by atoms with Gasteiger partial charge in [0.25, 0.3) is 0 Å². The summed E-state index contributed by atoms with van der Waals surface area (Å²) in [6, 6.07) is 0.974. The first-order valence-corrected chi connectivity index (χ1v) is 5.38. The third-order valence-electron chi connectivity index (χ3n) is 2.78. The molecule has 2 atom stereocenters. The third kappa shape index (κ3) is 3.77. The number of rotatable bonds is 2. The lowest BCUT2D eigenvalue weighted by Crippen LogP contribution is -2.35. The van der Waals surface area contributed by atoms with Crippen LogP contribution < -0.4 is 5.32 Å². The van der Waals surface area contributed by atoms with Gasteiger partial charge >= 0.3 is 0 Å². The molecule has 0 aliphatic carbocycles. The Morgan fingerprint density at radius 1 is 0.846 bits per heavy atom. The zero-order valence-electron chi connectivity index (χ0n) is 8.47. The molecule has 1 fully saturated rings. The Hall–Kier alpha value is -0.560. The van der Waals surface area contributed by atoms with Gasteiger partial charge in [-0.25, -0.2) is 0 Å². The fourth-order valence-electron chi connectivity index (χ4n) is 1.90. The van der Waals surface area contributed by atoms with E-state index in [1.807, 2.05) is 12.2 Å². The molecule has 0 aromatic carbocycles. The molecule has 74 valence electrons. The van der Waals surface area contributed by atoms with Crippen LogP contribution in [0.4, 0.5) is 0 Å². The van der Waals surface area contributed by atoms with Crippen molar-refractivity contribution in [1.82, 2.24) is 5.32 Å². The molecule has 1 nitrogen and oxygen atoms in total. The van der Waals surface area contributed by atoms with Crippen LogP contribution in [0.15, 0.2) is 25.3 Å². The van der Waals surface area contributed by atoms with Crippen LogP contribution in [-0.4, -0.2) is 12.1 Å². The highest BCUT2D eigenvalue weighted by Gasteiger charge is 2.11. The highest BCUT2D eigenvalue weighted by atomic mass is 14.9. The summed E-state index contributed by atoms with van der Waals surface area (Å²) < 4.78 is 0. The van der Waals surface area contributed by atoms with Crippen molar-refractivity contribution < 1.29 is 0 Å². The average molecular weight is 179 g/mol. The van der Waals surface area contributed by atoms with Gasteiger partial charge in [0.1, 0.15) is 0 Å². The summed E-state index contributed by atoms with van der Waals surface area (Å²) in [5.74, 6) is 0. The van der Waals surface area contributed by atoms with E-state index in [9.17, 15) is 0 Å². The molecule has 0 aromatic rings. The molecule has 2 unspecified atom stereocenters. The fraction of sp³-hybridized carbons (Fsp3) is 0.667. The fourth-order valence-corrected chi connectivity index (χ4v) is 1.90. The lowest BCUT2D eigenvalue weighted by Gasteiger charge is -2.19. The highest BCUT2D eigenvalue weighted by molar-refractivity contribution is 4.94. The summed E-state index contributed by atoms with van der Waals surface area (Å²) in [5.41, 5.74) is 0. The van der Waals surface area contributed by atoms with E-state index < -0.39 is 0 Å². The van der Waals surface area contributed by atoms with Crippen molar-refractivity contribution in [3.63, 3.8) is 0 Å². The van der Waals surface area contributed by atoms with Crippen molar-refractivity contribution in [2.24, 2.45) is 0 Å². The van der Waals surface area contributed by atoms with Crippen LogP contribution in [0.1, 0.15) is 38.5 Å². The van der Waals surface area contributed by atoms with Crippen LogP contribution in [0.2, 0.25) is 0 Å². The maximum absolute atomic E-state index is 3.86. The third-order valence-corrected chi connectivity index (χ3v) is 2.78. The second-order valence-electron chi connectivity index (χ2n) is 3.84. The average Bonchev–Trinajstić information content (AvgIpc) is 2.28. The molecule has 1 N–H and O–H groups in total. The molecule has 0 amide bonds. The van der Waals surface area contributed by atoms with Crippen molar-refractivity contribution in [3.8, 4) is 0 Å². The molecule has 1 saturated heterocycles. The molecule has 0 spiro atoms. The summed E-state index contributed by atoms with van der Waals surface area (Å²) in [6.45, 7) is 7.72. The minimum absolute atomic E-state index is 0.487. The molecule has 1 aliphatic rings. The predicted octanol–water partition coefficient (Wildman–Crippen LogP) is 3.04. The Balaban J connectivity index is 2.46. The smallest absolute Gasteiger partial charge is 0.0252 e. The van der Waals surface area contributed by atoms with Crippen LogP contribution in [-0.2, 0) is 0 Å². The molecule has 0 bridgehead atoms. The number of hydrogen-bond donors (Lipinski definition) is 1. The minimum atomic E-state index is 0.487. The Bertz CT molecular complexity index is 145. The molecule has 1 aliphatic heterocycles. The molecule has 0 saturated carbocycles. The molecule has 0 aromatic heterocycles. The first-order chi connectivity index (χ1) is 6.36. The second kappa shape index (κ2) is 5.98. The van der Waals surface area contributed by atoms with Gasteiger partial charge < -0.3 is 5.32 Å². The summed E-state index contributed by atoms with van der Waals surface area (Å²) in [4.78, 5) is 0. The van der Waals surface area contributed by atoms with Gasteiger partial charge in [-0.2, -0.15) is 0 Å². The first-order valence-electron chi connectivity index (χ1n) is 5.38. The summed E-state index contributed by atoms with van der Waals surface area (Å²) >= 11 is 0. The van der Waals surface area contributed by atoms with E-state index in [2.05, 4.69) is 18.5 Å². The Kier molecular flexibility index (Phi) is 4.84. The van der Waals surface area contributed by atoms with E-state index >= 15 is 0 Å². The topological polar surface area (TPSA) is 12.0 Å². The van der Waals surface area contributed by atoms with Crippen molar-refractivity contribution in [2.75, 3.05) is 0 Å². The highest BCUT2D eigenvalue weighted by Crippen LogP contribution is 2.14. The molecule has 1 heteroatoms. The van der Waals surface area contributed by atoms with Crippen molar-refractivity contribution >= 4 is 0 Å². The molecule has 0 radical (unpaired) electrons. The molecular formula is C12H21N. The quantitative estimate of drug-likeness (QED) is 0.642. The van der Waals surface area contributed by atoms with E-state index in [1.165, 1.54) is 38.5 Å². The van der Waals surface area contributed by atoms with E-state index in [-0.39, 0.29) is 0 Å². The van der Waals surface area contributed by atoms with E-state index in [1.54, 1.807) is 0 Å². The SMILES string of the molecule is C=CC1CCCCCCC(C=C)N1. The Morgan fingerprint density at radius 2 is 1.31 bits per heavy atom.